The van der Waals surface area contributed by atoms with Gasteiger partial charge in [-0.05, 0) is 0 Å². The minimum absolute atomic E-state index is 0.00796. The first-order chi connectivity index (χ1) is 5.61. The molecule has 66 valence electrons. The van der Waals surface area contributed by atoms with E-state index in [4.69, 9.17) is 10.8 Å². The van der Waals surface area contributed by atoms with E-state index in [1.165, 1.54) is 16.7 Å². The van der Waals surface area contributed by atoms with Gasteiger partial charge in [0.1, 0.15) is 0 Å². The number of nitrogens with two attached hydrogens (primary N) is 1. The van der Waals surface area contributed by atoms with Crippen LogP contribution in [-0.4, -0.2) is 38.7 Å². The largest absolute Gasteiger partial charge is 0.480 e. The monoisotopic (exact) mass is 188 g/mol. The Morgan fingerprint density at radius 1 is 1.75 bits per heavy atom. The van der Waals surface area contributed by atoms with Crippen LogP contribution >= 0.6 is 11.8 Å². The van der Waals surface area contributed by atoms with Gasteiger partial charge in [0.25, 0.3) is 0 Å². The predicted molar refractivity (Wildman–Crippen MR) is 42.2 cm³/mol. The smallest absolute Gasteiger partial charge is 0.328 e. The fourth-order valence-electron chi connectivity index (χ4n) is 1.52. The molecule has 0 aromatic rings. The number of carboxylic acids is 1. The maximum absolute atomic E-state index is 11.0. The van der Waals surface area contributed by atoms with Crippen LogP contribution in [0.5, 0.6) is 0 Å². The lowest BCUT2D eigenvalue weighted by Crippen LogP contribution is -2.56. The highest BCUT2D eigenvalue weighted by molar-refractivity contribution is 8.00. The van der Waals surface area contributed by atoms with Gasteiger partial charge in [0.2, 0.25) is 5.91 Å². The zero-order valence-electron chi connectivity index (χ0n) is 6.14. The maximum Gasteiger partial charge on any atom is 0.328 e. The summed E-state index contributed by atoms with van der Waals surface area (Å²) in [6.07, 6.45) is 0.433. The second-order valence-electron chi connectivity index (χ2n) is 2.84. The summed E-state index contributed by atoms with van der Waals surface area (Å²) >= 11 is 1.36. The summed E-state index contributed by atoms with van der Waals surface area (Å²) in [4.78, 5) is 23.0. The van der Waals surface area contributed by atoms with Crippen LogP contribution in [0.2, 0.25) is 0 Å². The number of nitrogens with zero attached hydrogens (tertiary/aromatic N) is 1. The summed E-state index contributed by atoms with van der Waals surface area (Å²) < 4.78 is 0. The number of rotatable bonds is 1. The molecule has 1 amide bonds. The first-order valence-corrected chi connectivity index (χ1v) is 4.50. The van der Waals surface area contributed by atoms with E-state index in [1.807, 2.05) is 0 Å². The van der Waals surface area contributed by atoms with Gasteiger partial charge in [-0.3, -0.25) is 4.79 Å². The Morgan fingerprint density at radius 3 is 2.83 bits per heavy atom. The van der Waals surface area contributed by atoms with E-state index < -0.39 is 17.4 Å². The van der Waals surface area contributed by atoms with Crippen LogP contribution in [0.3, 0.4) is 0 Å². The van der Waals surface area contributed by atoms with Crippen molar-refractivity contribution in [3.63, 3.8) is 0 Å². The van der Waals surface area contributed by atoms with Crippen LogP contribution in [0, 0.1) is 0 Å². The molecule has 2 unspecified atom stereocenters. The number of carbonyl (C=O) groups excluding carboxylic acids is 1. The summed E-state index contributed by atoms with van der Waals surface area (Å²) in [6.45, 7) is 0. The lowest BCUT2D eigenvalue weighted by molar-refractivity contribution is -0.156. The summed E-state index contributed by atoms with van der Waals surface area (Å²) in [5.74, 6) is -1.11. The first-order valence-electron chi connectivity index (χ1n) is 3.56. The van der Waals surface area contributed by atoms with Gasteiger partial charge >= 0.3 is 5.97 Å². The Bertz CT molecular complexity index is 257. The molecule has 6 heteroatoms. The van der Waals surface area contributed by atoms with Crippen LogP contribution in [0.1, 0.15) is 6.42 Å². The second-order valence-corrected chi connectivity index (χ2v) is 4.20. The van der Waals surface area contributed by atoms with Crippen molar-refractivity contribution >= 4 is 23.6 Å². The van der Waals surface area contributed by atoms with Gasteiger partial charge in [-0.2, -0.15) is 0 Å². The molecule has 2 saturated heterocycles. The molecule has 2 fully saturated rings. The molecule has 0 aromatic carbocycles. The molecule has 5 nitrogen and oxygen atoms in total. The van der Waals surface area contributed by atoms with Gasteiger partial charge in [0, 0.05) is 0 Å². The van der Waals surface area contributed by atoms with Crippen molar-refractivity contribution in [1.82, 2.24) is 4.90 Å². The van der Waals surface area contributed by atoms with Gasteiger partial charge in [-0.15, -0.1) is 11.8 Å². The minimum atomic E-state index is -1.01. The lowest BCUT2D eigenvalue weighted by atomic mass is 10.1. The third kappa shape index (κ3) is 0.848. The number of thioether (sulfide) groups is 1. The fraction of sp³-hybridized carbons (Fsp3) is 0.667. The predicted octanol–water partition coefficient (Wildman–Crippen LogP) is -0.970. The number of hydrogen-bond acceptors (Lipinski definition) is 4. The van der Waals surface area contributed by atoms with E-state index in [9.17, 15) is 9.59 Å². The zero-order chi connectivity index (χ0) is 8.88. The number of aliphatic carboxylic acids is 1. The molecule has 0 aromatic heterocycles. The van der Waals surface area contributed by atoms with Crippen molar-refractivity contribution in [3.8, 4) is 0 Å². The molecule has 2 rings (SSSR count). The number of β-lactam (4-membered cyclic amide) rings is 1. The molecule has 0 aliphatic carbocycles. The molecule has 0 radical (unpaired) electrons. The maximum atomic E-state index is 11.0. The van der Waals surface area contributed by atoms with Crippen LogP contribution < -0.4 is 5.73 Å². The molecule has 2 heterocycles. The number of carboxylic acid groups (broad SMARTS) is 1. The molecule has 12 heavy (non-hydrogen) atoms. The second kappa shape index (κ2) is 2.37. The van der Waals surface area contributed by atoms with Crippen LogP contribution in [0.15, 0.2) is 0 Å². The average molecular weight is 188 g/mol. The number of fused-ring (bicyclic) bond motifs is 1. The Balaban J connectivity index is 2.21. The highest BCUT2D eigenvalue weighted by atomic mass is 32.2. The third-order valence-corrected chi connectivity index (χ3v) is 3.41. The summed E-state index contributed by atoms with van der Waals surface area (Å²) in [5, 5.41) is 8.27. The third-order valence-electron chi connectivity index (χ3n) is 2.13. The van der Waals surface area contributed by atoms with Crippen molar-refractivity contribution in [3.05, 3.63) is 0 Å². The molecule has 2 aliphatic rings. The van der Waals surface area contributed by atoms with Crippen molar-refractivity contribution in [1.29, 1.82) is 0 Å². The van der Waals surface area contributed by atoms with Crippen LogP contribution in [-0.2, 0) is 9.59 Å². The lowest BCUT2D eigenvalue weighted by Gasteiger charge is -2.35. The molecular weight excluding hydrogens is 180 g/mol. The normalized spacial score (nSPS) is 39.2. The van der Waals surface area contributed by atoms with E-state index in [-0.39, 0.29) is 11.3 Å². The summed E-state index contributed by atoms with van der Waals surface area (Å²) in [6, 6.07) is -0.818. The minimum Gasteiger partial charge on any atom is -0.480 e. The Hall–Kier alpha value is -0.750. The standard InChI is InChI=1S/C6H8N2O3S/c7-5-4(6(10)11)8-2(9)1-3(8)12-5/h3-5H,1,7H2,(H,10,11)/t3-,4?,5?/m1/s1. The number of hydrogen-bond donors (Lipinski definition) is 2. The highest BCUT2D eigenvalue weighted by Crippen LogP contribution is 2.41. The van der Waals surface area contributed by atoms with Gasteiger partial charge in [-0.1, -0.05) is 0 Å². The molecule has 0 bridgehead atoms. The van der Waals surface area contributed by atoms with E-state index in [0.717, 1.165) is 0 Å². The van der Waals surface area contributed by atoms with E-state index >= 15 is 0 Å². The topological polar surface area (TPSA) is 83.6 Å². The first kappa shape index (κ1) is 7.88. The van der Waals surface area contributed by atoms with Gasteiger partial charge in [0.15, 0.2) is 6.04 Å². The number of amides is 1. The quantitative estimate of drug-likeness (QED) is 0.517. The fourth-order valence-corrected chi connectivity index (χ4v) is 2.90. The van der Waals surface area contributed by atoms with Crippen LogP contribution in [0.4, 0.5) is 0 Å². The Kier molecular flexibility index (Phi) is 1.55. The number of carbonyl (C=O) groups is 2. The van der Waals surface area contributed by atoms with Gasteiger partial charge in [0.05, 0.1) is 17.2 Å². The SMILES string of the molecule is NC1S[C@@H]2CC(=O)N2C1C(=O)O. The molecular formula is C6H8N2O3S. The van der Waals surface area contributed by atoms with E-state index in [2.05, 4.69) is 0 Å². The van der Waals surface area contributed by atoms with E-state index in [1.54, 1.807) is 0 Å². The summed E-state index contributed by atoms with van der Waals surface area (Å²) in [5.41, 5.74) is 5.55. The average Bonchev–Trinajstić information content (AvgIpc) is 2.22. The molecule has 3 N–H and O–H groups in total. The van der Waals surface area contributed by atoms with Crippen molar-refractivity contribution in [2.24, 2.45) is 5.73 Å². The van der Waals surface area contributed by atoms with E-state index in [0.29, 0.717) is 6.42 Å². The van der Waals surface area contributed by atoms with Crippen molar-refractivity contribution < 1.29 is 14.7 Å². The zero-order valence-corrected chi connectivity index (χ0v) is 6.95. The highest BCUT2D eigenvalue weighted by Gasteiger charge is 2.53. The van der Waals surface area contributed by atoms with Gasteiger partial charge in [-0.25, -0.2) is 4.79 Å². The molecule has 2 aliphatic heterocycles. The molecule has 0 saturated carbocycles. The van der Waals surface area contributed by atoms with Crippen molar-refractivity contribution in [2.45, 2.75) is 23.2 Å². The Labute approximate surface area is 72.9 Å². The Morgan fingerprint density at radius 2 is 2.42 bits per heavy atom. The van der Waals surface area contributed by atoms with Gasteiger partial charge < -0.3 is 15.7 Å². The molecule has 3 atom stereocenters. The summed E-state index contributed by atoms with van der Waals surface area (Å²) in [7, 11) is 0. The van der Waals surface area contributed by atoms with Crippen LogP contribution in [0.25, 0.3) is 0 Å². The molecule has 0 spiro atoms. The van der Waals surface area contributed by atoms with Crippen molar-refractivity contribution in [2.75, 3.05) is 0 Å².